The minimum Gasteiger partial charge on any atom is -0.285 e. The van der Waals surface area contributed by atoms with E-state index in [1.807, 2.05) is 29.4 Å². The summed E-state index contributed by atoms with van der Waals surface area (Å²) in [4.78, 5) is 26.8. The second-order valence-electron chi connectivity index (χ2n) is 7.35. The number of hydrogen-bond acceptors (Lipinski definition) is 5. The highest BCUT2D eigenvalue weighted by atomic mass is 79.9. The van der Waals surface area contributed by atoms with Crippen molar-refractivity contribution in [2.45, 2.75) is 31.2 Å². The topological polar surface area (TPSA) is 56.2 Å². The van der Waals surface area contributed by atoms with Gasteiger partial charge in [-0.25, -0.2) is 0 Å². The third-order valence-electron chi connectivity index (χ3n) is 6.21. The molecule has 1 aromatic carbocycles. The van der Waals surface area contributed by atoms with Crippen LogP contribution in [0.25, 0.3) is 0 Å². The van der Waals surface area contributed by atoms with Crippen molar-refractivity contribution < 1.29 is 9.59 Å². The van der Waals surface area contributed by atoms with Crippen LogP contribution in [0.5, 0.6) is 0 Å². The largest absolute Gasteiger partial charge is 0.285 e. The molecule has 1 aromatic rings. The van der Waals surface area contributed by atoms with E-state index in [9.17, 15) is 9.59 Å². The zero-order valence-corrected chi connectivity index (χ0v) is 15.6. The molecule has 130 valence electrons. The number of rotatable bonds is 1. The van der Waals surface area contributed by atoms with Gasteiger partial charge in [-0.05, 0) is 43.5 Å². The number of imide groups is 1. The van der Waals surface area contributed by atoms with Crippen LogP contribution in [0.1, 0.15) is 25.7 Å². The molecule has 2 saturated heterocycles. The summed E-state index contributed by atoms with van der Waals surface area (Å²) in [6.07, 6.45) is 3.96. The van der Waals surface area contributed by atoms with Gasteiger partial charge in [0.25, 0.3) is 0 Å². The van der Waals surface area contributed by atoms with E-state index in [0.717, 1.165) is 41.6 Å². The predicted octanol–water partition coefficient (Wildman–Crippen LogP) is 2.40. The number of carbonyl (C=O) groups excluding carboxylic acids is 2. The maximum atomic E-state index is 12.9. The fourth-order valence-electron chi connectivity index (χ4n) is 5.09. The van der Waals surface area contributed by atoms with Crippen molar-refractivity contribution in [2.75, 3.05) is 18.7 Å². The van der Waals surface area contributed by atoms with Gasteiger partial charge in [-0.15, -0.1) is 0 Å². The highest BCUT2D eigenvalue weighted by Gasteiger charge is 2.69. The van der Waals surface area contributed by atoms with E-state index < -0.39 is 5.54 Å². The molecule has 3 aliphatic heterocycles. The first-order chi connectivity index (χ1) is 12.0. The summed E-state index contributed by atoms with van der Waals surface area (Å²) in [6.45, 7) is 0.558. The summed E-state index contributed by atoms with van der Waals surface area (Å²) in [5.74, 6) is -0.618. The van der Waals surface area contributed by atoms with Crippen LogP contribution in [-0.4, -0.2) is 46.6 Å². The second-order valence-corrected chi connectivity index (χ2v) is 8.26. The number of fused-ring (bicyclic) bond motifs is 1. The number of hydrazine groups is 1. The summed E-state index contributed by atoms with van der Waals surface area (Å²) in [7, 11) is 1.62. The van der Waals surface area contributed by atoms with Crippen molar-refractivity contribution in [2.24, 2.45) is 16.9 Å². The highest BCUT2D eigenvalue weighted by molar-refractivity contribution is 9.10. The quantitative estimate of drug-likeness (QED) is 0.676. The lowest BCUT2D eigenvalue weighted by molar-refractivity contribution is -0.139. The Bertz CT molecular complexity index is 808. The molecule has 0 aromatic heterocycles. The molecule has 7 heteroatoms. The Kier molecular flexibility index (Phi) is 3.19. The molecule has 4 aliphatic rings. The van der Waals surface area contributed by atoms with E-state index in [1.54, 1.807) is 7.05 Å². The second kappa shape index (κ2) is 5.14. The lowest BCUT2D eigenvalue weighted by atomic mass is 9.70. The Morgan fingerprint density at radius 1 is 1.16 bits per heavy atom. The molecule has 3 fully saturated rings. The summed E-state index contributed by atoms with van der Waals surface area (Å²) >= 11 is 3.47. The van der Waals surface area contributed by atoms with E-state index in [-0.39, 0.29) is 23.7 Å². The number of amides is 2. The third-order valence-corrected chi connectivity index (χ3v) is 6.74. The van der Waals surface area contributed by atoms with Crippen molar-refractivity contribution in [3.63, 3.8) is 0 Å². The van der Waals surface area contributed by atoms with Gasteiger partial charge in [0.15, 0.2) is 0 Å². The van der Waals surface area contributed by atoms with Crippen LogP contribution in [0.3, 0.4) is 0 Å². The molecule has 1 spiro atoms. The molecular formula is C18H19BrN4O2. The lowest BCUT2D eigenvalue weighted by Crippen LogP contribution is -2.57. The summed E-state index contributed by atoms with van der Waals surface area (Å²) in [5, 5.41) is 9.04. The number of halogens is 1. The molecule has 0 unspecified atom stereocenters. The van der Waals surface area contributed by atoms with Crippen LogP contribution in [0.2, 0.25) is 0 Å². The molecule has 6 nitrogen and oxygen atoms in total. The number of nitrogens with zero attached hydrogens (tertiary/aromatic N) is 4. The minimum absolute atomic E-state index is 0.0373. The summed E-state index contributed by atoms with van der Waals surface area (Å²) in [6, 6.07) is 8.02. The SMILES string of the molecule is CN1C(=O)[C@H]2CN3N(c4ccc(Br)cc4)N=C4CCCC[C@]43[C@H]2C1=O. The normalized spacial score (nSPS) is 34.2. The van der Waals surface area contributed by atoms with Gasteiger partial charge in [0.05, 0.1) is 28.8 Å². The first kappa shape index (κ1) is 15.5. The van der Waals surface area contributed by atoms with E-state index in [4.69, 9.17) is 5.10 Å². The minimum atomic E-state index is -0.409. The number of hydrazone groups is 1. The van der Waals surface area contributed by atoms with E-state index in [1.165, 1.54) is 4.90 Å². The van der Waals surface area contributed by atoms with Crippen LogP contribution < -0.4 is 5.12 Å². The number of hydrogen-bond donors (Lipinski definition) is 0. The molecule has 0 bridgehead atoms. The van der Waals surface area contributed by atoms with Gasteiger partial charge < -0.3 is 0 Å². The van der Waals surface area contributed by atoms with Gasteiger partial charge in [-0.3, -0.25) is 14.5 Å². The van der Waals surface area contributed by atoms with Crippen LogP contribution in [-0.2, 0) is 9.59 Å². The van der Waals surface area contributed by atoms with Crippen molar-refractivity contribution in [1.82, 2.24) is 9.91 Å². The molecule has 5 rings (SSSR count). The molecule has 3 heterocycles. The zero-order chi connectivity index (χ0) is 17.3. The molecule has 0 N–H and O–H groups in total. The Hall–Kier alpha value is -1.73. The number of benzene rings is 1. The molecule has 1 saturated carbocycles. The first-order valence-electron chi connectivity index (χ1n) is 8.76. The average molecular weight is 403 g/mol. The maximum Gasteiger partial charge on any atom is 0.235 e. The van der Waals surface area contributed by atoms with Crippen molar-refractivity contribution >= 4 is 39.1 Å². The lowest BCUT2D eigenvalue weighted by Gasteiger charge is -2.41. The molecule has 1 aliphatic carbocycles. The monoisotopic (exact) mass is 402 g/mol. The van der Waals surface area contributed by atoms with E-state index in [2.05, 4.69) is 20.9 Å². The molecule has 2 amide bonds. The Morgan fingerprint density at radius 2 is 1.92 bits per heavy atom. The van der Waals surface area contributed by atoms with Crippen molar-refractivity contribution in [1.29, 1.82) is 0 Å². The fourth-order valence-corrected chi connectivity index (χ4v) is 5.36. The van der Waals surface area contributed by atoms with Crippen LogP contribution in [0, 0.1) is 11.8 Å². The maximum absolute atomic E-state index is 12.9. The fraction of sp³-hybridized carbons (Fsp3) is 0.500. The summed E-state index contributed by atoms with van der Waals surface area (Å²) < 4.78 is 1.01. The van der Waals surface area contributed by atoms with Gasteiger partial charge in [0.2, 0.25) is 11.8 Å². The Labute approximate surface area is 154 Å². The van der Waals surface area contributed by atoms with Gasteiger partial charge in [-0.2, -0.15) is 15.2 Å². The average Bonchev–Trinajstić information content (AvgIpc) is 3.18. The van der Waals surface area contributed by atoms with Gasteiger partial charge >= 0.3 is 0 Å². The van der Waals surface area contributed by atoms with E-state index in [0.29, 0.717) is 6.54 Å². The molecule has 25 heavy (non-hydrogen) atoms. The molecule has 3 atom stereocenters. The summed E-state index contributed by atoms with van der Waals surface area (Å²) in [5.41, 5.74) is 1.64. The van der Waals surface area contributed by atoms with Gasteiger partial charge in [0, 0.05) is 18.1 Å². The zero-order valence-electron chi connectivity index (χ0n) is 14.0. The van der Waals surface area contributed by atoms with Gasteiger partial charge in [0.1, 0.15) is 0 Å². The Morgan fingerprint density at radius 3 is 2.68 bits per heavy atom. The Balaban J connectivity index is 1.63. The van der Waals surface area contributed by atoms with Crippen molar-refractivity contribution in [3.05, 3.63) is 28.7 Å². The number of carbonyl (C=O) groups is 2. The van der Waals surface area contributed by atoms with Crippen LogP contribution in [0.15, 0.2) is 33.8 Å². The van der Waals surface area contributed by atoms with Crippen LogP contribution >= 0.6 is 15.9 Å². The molecular weight excluding hydrogens is 384 g/mol. The smallest absolute Gasteiger partial charge is 0.235 e. The highest BCUT2D eigenvalue weighted by Crippen LogP contribution is 2.54. The third kappa shape index (κ3) is 1.85. The predicted molar refractivity (Wildman–Crippen MR) is 96.7 cm³/mol. The van der Waals surface area contributed by atoms with E-state index >= 15 is 0 Å². The number of anilines is 1. The number of likely N-dealkylation sites (tertiary alicyclic amines) is 1. The van der Waals surface area contributed by atoms with Crippen molar-refractivity contribution in [3.8, 4) is 0 Å². The first-order valence-corrected chi connectivity index (χ1v) is 9.56. The molecule has 0 radical (unpaired) electrons. The van der Waals surface area contributed by atoms with Crippen LogP contribution in [0.4, 0.5) is 5.69 Å². The van der Waals surface area contributed by atoms with Gasteiger partial charge in [-0.1, -0.05) is 22.4 Å². The standard InChI is InChI=1S/C18H19BrN4O2/c1-21-16(24)13-10-22-18(15(13)17(21)25)9-3-2-4-14(18)20-23(22)12-7-5-11(19)6-8-12/h5-8,13,15H,2-4,9-10H2,1H3/t13-,15+,18+/m0/s1.